The normalized spacial score (nSPS) is 16.2. The standard InChI is InChI=1S/C21H26N2O2S/c24-21(11-16-26-19-9-5-2-6-10-19)22-17-20(18-7-3-1-4-8-18)23-12-14-25-15-13-23/h1-10,20H,11-17H2,(H,22,24). The first kappa shape index (κ1) is 19.0. The van der Waals surface area contributed by atoms with Gasteiger partial charge in [-0.25, -0.2) is 0 Å². The van der Waals surface area contributed by atoms with Gasteiger partial charge in [0.15, 0.2) is 0 Å². The minimum absolute atomic E-state index is 0.114. The highest BCUT2D eigenvalue weighted by Crippen LogP contribution is 2.21. The third-order valence-electron chi connectivity index (χ3n) is 4.50. The van der Waals surface area contributed by atoms with Crippen LogP contribution >= 0.6 is 11.8 Å². The summed E-state index contributed by atoms with van der Waals surface area (Å²) in [7, 11) is 0. The highest BCUT2D eigenvalue weighted by atomic mass is 32.2. The number of ether oxygens (including phenoxy) is 1. The average molecular weight is 371 g/mol. The number of thioether (sulfide) groups is 1. The lowest BCUT2D eigenvalue weighted by molar-refractivity contribution is -0.121. The van der Waals surface area contributed by atoms with Gasteiger partial charge in [-0.15, -0.1) is 11.8 Å². The lowest BCUT2D eigenvalue weighted by Gasteiger charge is -2.35. The number of hydrogen-bond donors (Lipinski definition) is 1. The van der Waals surface area contributed by atoms with Crippen LogP contribution in [0.15, 0.2) is 65.6 Å². The molecule has 1 N–H and O–H groups in total. The Hall–Kier alpha value is -1.82. The summed E-state index contributed by atoms with van der Waals surface area (Å²) in [5.41, 5.74) is 1.24. The molecule has 1 unspecified atom stereocenters. The fraction of sp³-hybridized carbons (Fsp3) is 0.381. The van der Waals surface area contributed by atoms with E-state index in [2.05, 4.69) is 46.6 Å². The van der Waals surface area contributed by atoms with E-state index in [0.29, 0.717) is 13.0 Å². The average Bonchev–Trinajstić information content (AvgIpc) is 2.71. The topological polar surface area (TPSA) is 41.6 Å². The molecule has 26 heavy (non-hydrogen) atoms. The summed E-state index contributed by atoms with van der Waals surface area (Å²) in [6.07, 6.45) is 0.532. The molecule has 1 heterocycles. The van der Waals surface area contributed by atoms with Gasteiger partial charge >= 0.3 is 0 Å². The summed E-state index contributed by atoms with van der Waals surface area (Å²) in [5, 5.41) is 3.13. The zero-order chi connectivity index (χ0) is 18.0. The van der Waals surface area contributed by atoms with Crippen molar-refractivity contribution in [3.63, 3.8) is 0 Å². The van der Waals surface area contributed by atoms with Gasteiger partial charge < -0.3 is 10.1 Å². The van der Waals surface area contributed by atoms with Gasteiger partial charge in [-0.2, -0.15) is 0 Å². The van der Waals surface area contributed by atoms with E-state index in [1.54, 1.807) is 11.8 Å². The molecule has 1 saturated heterocycles. The van der Waals surface area contributed by atoms with Crippen LogP contribution in [0.25, 0.3) is 0 Å². The SMILES string of the molecule is O=C(CCSc1ccccc1)NCC(c1ccccc1)N1CCOCC1. The molecule has 0 radical (unpaired) electrons. The number of rotatable bonds is 8. The Morgan fingerprint density at radius 1 is 1.04 bits per heavy atom. The Balaban J connectivity index is 1.49. The number of carbonyl (C=O) groups is 1. The fourth-order valence-electron chi connectivity index (χ4n) is 3.10. The molecule has 1 aliphatic rings. The highest BCUT2D eigenvalue weighted by Gasteiger charge is 2.22. The molecule has 0 saturated carbocycles. The molecular weight excluding hydrogens is 344 g/mol. The van der Waals surface area contributed by atoms with E-state index in [1.165, 1.54) is 10.5 Å². The molecule has 3 rings (SSSR count). The van der Waals surface area contributed by atoms with Crippen molar-refractivity contribution in [2.45, 2.75) is 17.4 Å². The first-order chi connectivity index (χ1) is 12.8. The van der Waals surface area contributed by atoms with Crippen LogP contribution in [-0.4, -0.2) is 49.4 Å². The molecule has 138 valence electrons. The molecule has 2 aromatic carbocycles. The molecule has 2 aromatic rings. The Bertz CT molecular complexity index is 660. The van der Waals surface area contributed by atoms with Gasteiger partial charge in [0, 0.05) is 36.7 Å². The number of carbonyl (C=O) groups excluding carboxylic acids is 1. The smallest absolute Gasteiger partial charge is 0.220 e. The quantitative estimate of drug-likeness (QED) is 0.724. The molecule has 1 fully saturated rings. The Labute approximate surface area is 159 Å². The van der Waals surface area contributed by atoms with Gasteiger partial charge in [-0.3, -0.25) is 9.69 Å². The molecule has 1 amide bonds. The lowest BCUT2D eigenvalue weighted by atomic mass is 10.0. The highest BCUT2D eigenvalue weighted by molar-refractivity contribution is 7.99. The molecule has 0 spiro atoms. The summed E-state index contributed by atoms with van der Waals surface area (Å²) < 4.78 is 5.47. The van der Waals surface area contributed by atoms with Crippen molar-refractivity contribution < 1.29 is 9.53 Å². The van der Waals surface area contributed by atoms with Gasteiger partial charge in [-0.05, 0) is 17.7 Å². The van der Waals surface area contributed by atoms with Crippen molar-refractivity contribution in [2.24, 2.45) is 0 Å². The second-order valence-corrected chi connectivity index (χ2v) is 7.46. The summed E-state index contributed by atoms with van der Waals surface area (Å²) in [6.45, 7) is 3.95. The zero-order valence-corrected chi connectivity index (χ0v) is 15.8. The van der Waals surface area contributed by atoms with E-state index in [9.17, 15) is 4.79 Å². The molecule has 1 aliphatic heterocycles. The third kappa shape index (κ3) is 5.87. The molecule has 0 aromatic heterocycles. The number of nitrogens with one attached hydrogen (secondary N) is 1. The van der Waals surface area contributed by atoms with Crippen LogP contribution in [-0.2, 0) is 9.53 Å². The minimum atomic E-state index is 0.114. The number of benzene rings is 2. The third-order valence-corrected chi connectivity index (χ3v) is 5.52. The molecule has 0 bridgehead atoms. The van der Waals surface area contributed by atoms with Crippen LogP contribution in [0.1, 0.15) is 18.0 Å². The van der Waals surface area contributed by atoms with Crippen molar-refractivity contribution in [2.75, 3.05) is 38.6 Å². The van der Waals surface area contributed by atoms with Crippen LogP contribution in [0.3, 0.4) is 0 Å². The number of morpholine rings is 1. The summed E-state index contributed by atoms with van der Waals surface area (Å²) in [4.78, 5) is 15.9. The van der Waals surface area contributed by atoms with E-state index in [0.717, 1.165) is 32.1 Å². The first-order valence-corrected chi connectivity index (χ1v) is 10.1. The Morgan fingerprint density at radius 2 is 1.69 bits per heavy atom. The second-order valence-electron chi connectivity index (χ2n) is 6.29. The van der Waals surface area contributed by atoms with E-state index < -0.39 is 0 Å². The minimum Gasteiger partial charge on any atom is -0.379 e. The van der Waals surface area contributed by atoms with E-state index in [1.807, 2.05) is 24.3 Å². The lowest BCUT2D eigenvalue weighted by Crippen LogP contribution is -2.43. The van der Waals surface area contributed by atoms with E-state index in [-0.39, 0.29) is 11.9 Å². The van der Waals surface area contributed by atoms with Gasteiger partial charge in [0.05, 0.1) is 19.3 Å². The predicted octanol–water partition coefficient (Wildman–Crippen LogP) is 3.36. The van der Waals surface area contributed by atoms with Crippen molar-refractivity contribution in [1.29, 1.82) is 0 Å². The second kappa shape index (κ2) is 10.4. The maximum Gasteiger partial charge on any atom is 0.220 e. The largest absolute Gasteiger partial charge is 0.379 e. The Kier molecular flexibility index (Phi) is 7.55. The first-order valence-electron chi connectivity index (χ1n) is 9.14. The molecule has 0 aliphatic carbocycles. The van der Waals surface area contributed by atoms with Crippen LogP contribution in [0.5, 0.6) is 0 Å². The number of nitrogens with zero attached hydrogens (tertiary/aromatic N) is 1. The monoisotopic (exact) mass is 370 g/mol. The summed E-state index contributed by atoms with van der Waals surface area (Å²) in [5.74, 6) is 0.909. The molecule has 4 nitrogen and oxygen atoms in total. The van der Waals surface area contributed by atoms with Gasteiger partial charge in [0.25, 0.3) is 0 Å². The van der Waals surface area contributed by atoms with Crippen LogP contribution < -0.4 is 5.32 Å². The van der Waals surface area contributed by atoms with E-state index >= 15 is 0 Å². The van der Waals surface area contributed by atoms with Crippen molar-refractivity contribution in [3.8, 4) is 0 Å². The predicted molar refractivity (Wildman–Crippen MR) is 106 cm³/mol. The summed E-state index contributed by atoms with van der Waals surface area (Å²) in [6, 6.07) is 20.8. The maximum atomic E-state index is 12.3. The maximum absolute atomic E-state index is 12.3. The van der Waals surface area contributed by atoms with Crippen molar-refractivity contribution in [1.82, 2.24) is 10.2 Å². The van der Waals surface area contributed by atoms with Gasteiger partial charge in [0.1, 0.15) is 0 Å². The Morgan fingerprint density at radius 3 is 2.38 bits per heavy atom. The fourth-order valence-corrected chi connectivity index (χ4v) is 3.97. The molecule has 5 heteroatoms. The van der Waals surface area contributed by atoms with Crippen LogP contribution in [0.2, 0.25) is 0 Å². The van der Waals surface area contributed by atoms with Crippen molar-refractivity contribution >= 4 is 17.7 Å². The number of amides is 1. The van der Waals surface area contributed by atoms with Gasteiger partial charge in [0.2, 0.25) is 5.91 Å². The molecular formula is C21H26N2O2S. The van der Waals surface area contributed by atoms with E-state index in [4.69, 9.17) is 4.74 Å². The van der Waals surface area contributed by atoms with Gasteiger partial charge in [-0.1, -0.05) is 48.5 Å². The van der Waals surface area contributed by atoms with Crippen LogP contribution in [0.4, 0.5) is 0 Å². The van der Waals surface area contributed by atoms with Crippen LogP contribution in [0, 0.1) is 0 Å². The molecule has 1 atom stereocenters. The van der Waals surface area contributed by atoms with Crippen molar-refractivity contribution in [3.05, 3.63) is 66.2 Å². The number of hydrogen-bond acceptors (Lipinski definition) is 4. The zero-order valence-electron chi connectivity index (χ0n) is 15.0. The summed E-state index contributed by atoms with van der Waals surface area (Å²) >= 11 is 1.72.